The van der Waals surface area contributed by atoms with Gasteiger partial charge in [0, 0.05) is 35.6 Å². The summed E-state index contributed by atoms with van der Waals surface area (Å²) in [5, 5.41) is 11.5. The van der Waals surface area contributed by atoms with Crippen LogP contribution in [0.15, 0.2) is 18.2 Å². The summed E-state index contributed by atoms with van der Waals surface area (Å²) in [5.41, 5.74) is 1.06. The molecule has 0 aliphatic rings. The number of carbonyl (C=O) groups is 1. The molecule has 1 aromatic rings. The number of hydrogen-bond donors (Lipinski definition) is 0. The Bertz CT molecular complexity index is 491. The first-order valence-corrected chi connectivity index (χ1v) is 7.73. The van der Waals surface area contributed by atoms with Gasteiger partial charge < -0.3 is 4.90 Å². The van der Waals surface area contributed by atoms with Crippen LogP contribution in [0.3, 0.4) is 0 Å². The maximum Gasteiger partial charge on any atom is 0.272 e. The van der Waals surface area contributed by atoms with E-state index in [-0.39, 0.29) is 11.6 Å². The van der Waals surface area contributed by atoms with Crippen molar-refractivity contribution in [1.82, 2.24) is 4.90 Å². The molecule has 0 saturated carbocycles. The lowest BCUT2D eigenvalue weighted by atomic mass is 10.1. The highest BCUT2D eigenvalue weighted by Gasteiger charge is 2.18. The zero-order chi connectivity index (χ0) is 15.1. The summed E-state index contributed by atoms with van der Waals surface area (Å²) in [6.45, 7) is 5.06. The second kappa shape index (κ2) is 7.99. The summed E-state index contributed by atoms with van der Waals surface area (Å²) in [6.07, 6.45) is 1.97. The van der Waals surface area contributed by atoms with E-state index in [1.165, 1.54) is 12.1 Å². The predicted molar refractivity (Wildman–Crippen MR) is 82.4 cm³/mol. The van der Waals surface area contributed by atoms with Crippen molar-refractivity contribution >= 4 is 27.5 Å². The maximum absolute atomic E-state index is 12.4. The zero-order valence-electron chi connectivity index (χ0n) is 11.8. The van der Waals surface area contributed by atoms with Gasteiger partial charge in [0.05, 0.1) is 4.92 Å². The maximum atomic E-state index is 12.4. The highest BCUT2D eigenvalue weighted by atomic mass is 79.9. The minimum absolute atomic E-state index is 0.0437. The highest BCUT2D eigenvalue weighted by Crippen LogP contribution is 2.20. The summed E-state index contributed by atoms with van der Waals surface area (Å²) < 4.78 is 0. The smallest absolute Gasteiger partial charge is 0.272 e. The Hall–Kier alpha value is -1.43. The van der Waals surface area contributed by atoms with E-state index in [4.69, 9.17) is 0 Å². The number of halogens is 1. The second-order valence-corrected chi connectivity index (χ2v) is 5.39. The van der Waals surface area contributed by atoms with Gasteiger partial charge in [-0.15, -0.1) is 0 Å². The van der Waals surface area contributed by atoms with Gasteiger partial charge in [-0.05, 0) is 25.5 Å². The summed E-state index contributed by atoms with van der Waals surface area (Å²) in [4.78, 5) is 24.5. The number of nitro groups is 1. The van der Waals surface area contributed by atoms with E-state index in [1.807, 2.05) is 0 Å². The van der Waals surface area contributed by atoms with E-state index >= 15 is 0 Å². The fourth-order valence-electron chi connectivity index (χ4n) is 1.94. The molecular weight excluding hydrogens is 324 g/mol. The third kappa shape index (κ3) is 4.30. The van der Waals surface area contributed by atoms with E-state index < -0.39 is 4.92 Å². The van der Waals surface area contributed by atoms with Crippen molar-refractivity contribution in [3.8, 4) is 0 Å². The Morgan fingerprint density at radius 1 is 1.40 bits per heavy atom. The molecule has 0 spiro atoms. The lowest BCUT2D eigenvalue weighted by Gasteiger charge is -2.21. The molecule has 0 aromatic heterocycles. The molecule has 0 radical (unpaired) electrons. The van der Waals surface area contributed by atoms with Crippen molar-refractivity contribution < 1.29 is 9.72 Å². The van der Waals surface area contributed by atoms with Crippen LogP contribution in [0.1, 0.15) is 35.7 Å². The van der Waals surface area contributed by atoms with Gasteiger partial charge >= 0.3 is 0 Å². The topological polar surface area (TPSA) is 63.5 Å². The lowest BCUT2D eigenvalue weighted by molar-refractivity contribution is -0.385. The van der Waals surface area contributed by atoms with Crippen molar-refractivity contribution in [2.75, 3.05) is 18.4 Å². The molecule has 0 unspecified atom stereocenters. The summed E-state index contributed by atoms with van der Waals surface area (Å²) in [5.74, 6) is -0.0732. The average Bonchev–Trinajstić information content (AvgIpc) is 2.42. The predicted octanol–water partition coefficient (Wildman–Crippen LogP) is 3.54. The molecule has 0 fully saturated rings. The number of hydrogen-bond acceptors (Lipinski definition) is 3. The Kier molecular flexibility index (Phi) is 6.64. The number of nitrogens with zero attached hydrogens (tertiary/aromatic N) is 2. The van der Waals surface area contributed by atoms with Crippen molar-refractivity contribution in [3.05, 3.63) is 39.4 Å². The monoisotopic (exact) mass is 342 g/mol. The molecule has 20 heavy (non-hydrogen) atoms. The summed E-state index contributed by atoms with van der Waals surface area (Å²) in [7, 11) is 0. The van der Waals surface area contributed by atoms with E-state index in [0.29, 0.717) is 29.5 Å². The molecule has 0 bridgehead atoms. The first-order valence-electron chi connectivity index (χ1n) is 6.61. The van der Waals surface area contributed by atoms with Gasteiger partial charge in [0.1, 0.15) is 0 Å². The van der Waals surface area contributed by atoms with Crippen LogP contribution in [0.2, 0.25) is 0 Å². The number of aryl methyl sites for hydroxylation is 1. The molecule has 1 amide bonds. The van der Waals surface area contributed by atoms with E-state index in [9.17, 15) is 14.9 Å². The Balaban J connectivity index is 2.94. The SMILES string of the molecule is CCCCN(CCBr)C(=O)c1ccc([N+](=O)[O-])c(C)c1. The van der Waals surface area contributed by atoms with Gasteiger partial charge in [-0.3, -0.25) is 14.9 Å². The van der Waals surface area contributed by atoms with Crippen LogP contribution >= 0.6 is 15.9 Å². The van der Waals surface area contributed by atoms with Crippen LogP contribution in [0.4, 0.5) is 5.69 Å². The number of amides is 1. The quantitative estimate of drug-likeness (QED) is 0.432. The van der Waals surface area contributed by atoms with Gasteiger partial charge in [-0.2, -0.15) is 0 Å². The molecule has 0 N–H and O–H groups in total. The van der Waals surface area contributed by atoms with Crippen LogP contribution in [0, 0.1) is 17.0 Å². The van der Waals surface area contributed by atoms with Crippen LogP contribution in [0.5, 0.6) is 0 Å². The standard InChI is InChI=1S/C14H19BrN2O3/c1-3-4-8-16(9-7-15)14(18)12-5-6-13(17(19)20)11(2)10-12/h5-6,10H,3-4,7-9H2,1-2H3. The molecule has 1 aromatic carbocycles. The van der Waals surface area contributed by atoms with Gasteiger partial charge in [0.2, 0.25) is 0 Å². The molecule has 6 heteroatoms. The molecule has 1 rings (SSSR count). The van der Waals surface area contributed by atoms with E-state index in [2.05, 4.69) is 22.9 Å². The Morgan fingerprint density at radius 2 is 2.10 bits per heavy atom. The van der Waals surface area contributed by atoms with Crippen molar-refractivity contribution in [2.24, 2.45) is 0 Å². The number of unbranched alkanes of at least 4 members (excludes halogenated alkanes) is 1. The van der Waals surface area contributed by atoms with Crippen molar-refractivity contribution in [1.29, 1.82) is 0 Å². The number of nitro benzene ring substituents is 1. The number of carbonyl (C=O) groups excluding carboxylic acids is 1. The molecule has 0 saturated heterocycles. The first kappa shape index (κ1) is 16.6. The third-order valence-electron chi connectivity index (χ3n) is 3.06. The highest BCUT2D eigenvalue weighted by molar-refractivity contribution is 9.09. The molecule has 5 nitrogen and oxygen atoms in total. The summed E-state index contributed by atoms with van der Waals surface area (Å²) >= 11 is 3.34. The lowest BCUT2D eigenvalue weighted by Crippen LogP contribution is -2.33. The Labute approximate surface area is 127 Å². The minimum atomic E-state index is -0.434. The molecule has 110 valence electrons. The molecule has 0 aliphatic carbocycles. The Morgan fingerprint density at radius 3 is 2.60 bits per heavy atom. The second-order valence-electron chi connectivity index (χ2n) is 4.59. The largest absolute Gasteiger partial charge is 0.338 e. The summed E-state index contributed by atoms with van der Waals surface area (Å²) in [6, 6.07) is 4.52. The van der Waals surface area contributed by atoms with Crippen LogP contribution in [-0.4, -0.2) is 34.2 Å². The zero-order valence-corrected chi connectivity index (χ0v) is 13.4. The van der Waals surface area contributed by atoms with Gasteiger partial charge in [0.25, 0.3) is 11.6 Å². The van der Waals surface area contributed by atoms with Crippen molar-refractivity contribution in [3.63, 3.8) is 0 Å². The van der Waals surface area contributed by atoms with Crippen molar-refractivity contribution in [2.45, 2.75) is 26.7 Å². The van der Waals surface area contributed by atoms with E-state index in [0.717, 1.165) is 12.8 Å². The van der Waals surface area contributed by atoms with Gasteiger partial charge in [-0.25, -0.2) is 0 Å². The fourth-order valence-corrected chi connectivity index (χ4v) is 2.37. The van der Waals surface area contributed by atoms with Gasteiger partial charge in [0.15, 0.2) is 0 Å². The van der Waals surface area contributed by atoms with Crippen LogP contribution < -0.4 is 0 Å². The van der Waals surface area contributed by atoms with E-state index in [1.54, 1.807) is 17.9 Å². The van der Waals surface area contributed by atoms with Crippen LogP contribution in [0.25, 0.3) is 0 Å². The van der Waals surface area contributed by atoms with Crippen LogP contribution in [-0.2, 0) is 0 Å². The normalized spacial score (nSPS) is 10.3. The molecular formula is C14H19BrN2O3. The number of rotatable bonds is 7. The third-order valence-corrected chi connectivity index (χ3v) is 3.42. The fraction of sp³-hybridized carbons (Fsp3) is 0.500. The minimum Gasteiger partial charge on any atom is -0.338 e. The number of benzene rings is 1. The number of alkyl halides is 1. The average molecular weight is 343 g/mol. The first-order chi connectivity index (χ1) is 9.51. The molecule has 0 heterocycles. The van der Waals surface area contributed by atoms with Gasteiger partial charge in [-0.1, -0.05) is 29.3 Å². The molecule has 0 aliphatic heterocycles. The molecule has 0 atom stereocenters.